The zero-order chi connectivity index (χ0) is 38.5. The predicted octanol–water partition coefficient (Wildman–Crippen LogP) is 10.9. The van der Waals surface area contributed by atoms with Crippen molar-refractivity contribution in [2.24, 2.45) is 0 Å². The second-order valence-electron chi connectivity index (χ2n) is 16.0. The van der Waals surface area contributed by atoms with E-state index >= 15 is 0 Å². The predicted molar refractivity (Wildman–Crippen MR) is 212 cm³/mol. The number of carbonyl (C=O) groups excluding carboxylic acids is 2. The van der Waals surface area contributed by atoms with E-state index < -0.39 is 24.3 Å². The minimum Gasteiger partial charge on any atom is -0.477 e. The van der Waals surface area contributed by atoms with Crippen LogP contribution >= 0.6 is 0 Å². The number of unbranched alkanes of at least 4 members (excludes halogenated alkanes) is 25. The van der Waals surface area contributed by atoms with Gasteiger partial charge in [-0.1, -0.05) is 174 Å². The molecule has 0 aromatic rings. The van der Waals surface area contributed by atoms with E-state index in [4.69, 9.17) is 18.9 Å². The number of esters is 2. The summed E-state index contributed by atoms with van der Waals surface area (Å²) in [6.07, 6.45) is 31.5. The molecule has 0 aromatic heterocycles. The molecule has 2 unspecified atom stereocenters. The molecule has 0 spiro atoms. The lowest BCUT2D eigenvalue weighted by Gasteiger charge is -2.25. The molecule has 52 heavy (non-hydrogen) atoms. The molecule has 0 aromatic carbocycles. The maximum atomic E-state index is 12.7. The molecule has 0 amide bonds. The minimum atomic E-state index is -1.50. The Kier molecular flexibility index (Phi) is 35.1. The molecular weight excluding hydrogens is 658 g/mol. The van der Waals surface area contributed by atoms with Crippen LogP contribution in [0.25, 0.3) is 0 Å². The first-order valence-corrected chi connectivity index (χ1v) is 21.7. The highest BCUT2D eigenvalue weighted by molar-refractivity contribution is 5.71. The normalized spacial score (nSPS) is 12.9. The van der Waals surface area contributed by atoms with Crippen LogP contribution in [-0.2, 0) is 33.3 Å². The van der Waals surface area contributed by atoms with Gasteiger partial charge >= 0.3 is 17.9 Å². The molecule has 0 radical (unpaired) electrons. The molecule has 308 valence electrons. The molecule has 9 heteroatoms. The van der Waals surface area contributed by atoms with Crippen molar-refractivity contribution in [3.63, 3.8) is 0 Å². The summed E-state index contributed by atoms with van der Waals surface area (Å²) in [7, 11) is 5.96. The van der Waals surface area contributed by atoms with Crippen molar-refractivity contribution in [3.05, 3.63) is 0 Å². The van der Waals surface area contributed by atoms with E-state index in [1.807, 2.05) is 21.1 Å². The molecular formula is C43H84NO8+. The van der Waals surface area contributed by atoms with Gasteiger partial charge < -0.3 is 28.5 Å². The van der Waals surface area contributed by atoms with E-state index in [0.717, 1.165) is 38.5 Å². The fraction of sp³-hybridized carbons (Fsp3) is 0.930. The zero-order valence-corrected chi connectivity index (χ0v) is 34.7. The number of carboxylic acids is 1. The Morgan fingerprint density at radius 1 is 0.500 bits per heavy atom. The molecule has 0 aliphatic rings. The van der Waals surface area contributed by atoms with Crippen molar-refractivity contribution in [2.45, 2.75) is 212 Å². The standard InChI is InChI=1S/C43H83NO8/c1-6-8-10-12-14-16-18-20-22-24-26-28-30-32-34-41(46)52-39(38-51-43(42(47)48)49-36-35-44(3,4)5)37-50-40(45)33-31-29-27-25-23-21-19-17-15-13-11-9-7-2/h39,43H,6-38H2,1-5H3/p+1. The van der Waals surface area contributed by atoms with E-state index in [1.54, 1.807) is 0 Å². The number of hydrogen-bond donors (Lipinski definition) is 1. The quantitative estimate of drug-likeness (QED) is 0.0286. The number of likely N-dealkylation sites (N-methyl/N-ethyl adjacent to an activating group) is 1. The SMILES string of the molecule is CCCCCCCCCCCCCCCCC(=O)OC(COC(=O)CCCCCCCCCCCCCCC)COC(OCC[N+](C)(C)C)C(=O)O. The van der Waals surface area contributed by atoms with Gasteiger partial charge in [0.2, 0.25) is 0 Å². The monoisotopic (exact) mass is 743 g/mol. The molecule has 2 atom stereocenters. The van der Waals surface area contributed by atoms with Crippen LogP contribution in [-0.4, -0.2) is 87.4 Å². The Labute approximate surface area is 320 Å². The number of rotatable bonds is 40. The van der Waals surface area contributed by atoms with Gasteiger partial charge in [0.1, 0.15) is 13.2 Å². The van der Waals surface area contributed by atoms with E-state index in [9.17, 15) is 19.5 Å². The number of nitrogens with zero attached hydrogens (tertiary/aromatic N) is 1. The number of carboxylic acid groups (broad SMARTS) is 1. The molecule has 0 rings (SSSR count). The molecule has 0 bridgehead atoms. The van der Waals surface area contributed by atoms with Crippen LogP contribution in [0, 0.1) is 0 Å². The number of ether oxygens (including phenoxy) is 4. The molecule has 0 saturated heterocycles. The van der Waals surface area contributed by atoms with Crippen LogP contribution in [0.3, 0.4) is 0 Å². The Hall–Kier alpha value is -1.71. The summed E-state index contributed by atoms with van der Waals surface area (Å²) >= 11 is 0. The van der Waals surface area contributed by atoms with Crippen molar-refractivity contribution >= 4 is 17.9 Å². The van der Waals surface area contributed by atoms with Gasteiger partial charge in [0, 0.05) is 12.8 Å². The highest BCUT2D eigenvalue weighted by atomic mass is 16.7. The second-order valence-corrected chi connectivity index (χ2v) is 16.0. The summed E-state index contributed by atoms with van der Waals surface area (Å²) in [4.78, 5) is 37.0. The zero-order valence-electron chi connectivity index (χ0n) is 34.7. The first-order valence-electron chi connectivity index (χ1n) is 21.7. The molecule has 1 N–H and O–H groups in total. The summed E-state index contributed by atoms with van der Waals surface area (Å²) in [5.74, 6) is -1.99. The van der Waals surface area contributed by atoms with Gasteiger partial charge in [0.25, 0.3) is 6.29 Å². The number of aliphatic carboxylic acids is 1. The molecule has 9 nitrogen and oxygen atoms in total. The van der Waals surface area contributed by atoms with Crippen molar-refractivity contribution in [3.8, 4) is 0 Å². The van der Waals surface area contributed by atoms with Gasteiger partial charge in [-0.15, -0.1) is 0 Å². The summed E-state index contributed by atoms with van der Waals surface area (Å²) in [6.45, 7) is 4.89. The first kappa shape index (κ1) is 50.3. The third-order valence-corrected chi connectivity index (χ3v) is 9.61. The van der Waals surface area contributed by atoms with Crippen molar-refractivity contribution in [1.29, 1.82) is 0 Å². The molecule has 0 aliphatic heterocycles. The van der Waals surface area contributed by atoms with Crippen molar-refractivity contribution in [1.82, 2.24) is 0 Å². The van der Waals surface area contributed by atoms with Crippen LogP contribution in [0.1, 0.15) is 200 Å². The van der Waals surface area contributed by atoms with E-state index in [1.165, 1.54) is 135 Å². The van der Waals surface area contributed by atoms with Gasteiger partial charge in [-0.3, -0.25) is 9.59 Å². The Bertz CT molecular complexity index is 830. The molecule has 0 aliphatic carbocycles. The Morgan fingerprint density at radius 2 is 0.865 bits per heavy atom. The van der Waals surface area contributed by atoms with Crippen LogP contribution < -0.4 is 0 Å². The highest BCUT2D eigenvalue weighted by Gasteiger charge is 2.25. The maximum Gasteiger partial charge on any atom is 0.361 e. The number of quaternary nitrogens is 1. The second kappa shape index (κ2) is 36.3. The Balaban J connectivity index is 4.43. The molecule has 0 heterocycles. The average Bonchev–Trinajstić information content (AvgIpc) is 3.09. The fourth-order valence-electron chi connectivity index (χ4n) is 6.19. The van der Waals surface area contributed by atoms with Gasteiger partial charge in [-0.25, -0.2) is 4.79 Å². The highest BCUT2D eigenvalue weighted by Crippen LogP contribution is 2.15. The van der Waals surface area contributed by atoms with Crippen LogP contribution in [0.2, 0.25) is 0 Å². The van der Waals surface area contributed by atoms with E-state index in [0.29, 0.717) is 17.4 Å². The van der Waals surface area contributed by atoms with Crippen LogP contribution in [0.5, 0.6) is 0 Å². The maximum absolute atomic E-state index is 12.7. The summed E-state index contributed by atoms with van der Waals surface area (Å²) in [5, 5.41) is 9.61. The summed E-state index contributed by atoms with van der Waals surface area (Å²) in [5.41, 5.74) is 0. The van der Waals surface area contributed by atoms with Gasteiger partial charge in [-0.2, -0.15) is 0 Å². The van der Waals surface area contributed by atoms with Crippen LogP contribution in [0.15, 0.2) is 0 Å². The van der Waals surface area contributed by atoms with Gasteiger partial charge in [0.15, 0.2) is 6.10 Å². The fourth-order valence-corrected chi connectivity index (χ4v) is 6.19. The smallest absolute Gasteiger partial charge is 0.361 e. The average molecular weight is 743 g/mol. The van der Waals surface area contributed by atoms with Crippen molar-refractivity contribution < 1.29 is 42.9 Å². The molecule has 0 fully saturated rings. The summed E-state index contributed by atoms with van der Waals surface area (Å²) < 4.78 is 22.7. The molecule has 0 saturated carbocycles. The number of hydrogen-bond acceptors (Lipinski definition) is 7. The van der Waals surface area contributed by atoms with E-state index in [2.05, 4.69) is 13.8 Å². The van der Waals surface area contributed by atoms with Crippen LogP contribution in [0.4, 0.5) is 0 Å². The minimum absolute atomic E-state index is 0.174. The lowest BCUT2D eigenvalue weighted by atomic mass is 10.0. The largest absolute Gasteiger partial charge is 0.477 e. The van der Waals surface area contributed by atoms with Gasteiger partial charge in [-0.05, 0) is 12.8 Å². The van der Waals surface area contributed by atoms with Crippen molar-refractivity contribution in [2.75, 3.05) is 47.5 Å². The first-order chi connectivity index (χ1) is 25.1. The Morgan fingerprint density at radius 3 is 1.23 bits per heavy atom. The number of carbonyl (C=O) groups is 3. The lowest BCUT2D eigenvalue weighted by molar-refractivity contribution is -0.870. The topological polar surface area (TPSA) is 108 Å². The third kappa shape index (κ3) is 36.6. The van der Waals surface area contributed by atoms with E-state index in [-0.39, 0.29) is 32.2 Å². The third-order valence-electron chi connectivity index (χ3n) is 9.61. The lowest BCUT2D eigenvalue weighted by Crippen LogP contribution is -2.40. The van der Waals surface area contributed by atoms with Gasteiger partial charge in [0.05, 0.1) is 34.4 Å². The summed E-state index contributed by atoms with van der Waals surface area (Å²) in [6, 6.07) is 0.